The molecule has 5 nitrogen and oxygen atoms in total. The molecule has 3 aromatic carbocycles. The number of carbonyl (C=O) groups is 1. The summed E-state index contributed by atoms with van der Waals surface area (Å²) in [5.41, 5.74) is 2.01. The quantitative estimate of drug-likeness (QED) is 0.541. The Labute approximate surface area is 178 Å². The van der Waals surface area contributed by atoms with E-state index < -0.39 is 28.2 Å². The summed E-state index contributed by atoms with van der Waals surface area (Å²) in [5.74, 6) is -1.38. The van der Waals surface area contributed by atoms with E-state index in [0.29, 0.717) is 5.56 Å². The molecule has 0 spiro atoms. The molecular formula is C21H16Cl2O5S. The minimum atomic E-state index is -3.81. The van der Waals surface area contributed by atoms with Gasteiger partial charge >= 0.3 is 5.97 Å². The van der Waals surface area contributed by atoms with Crippen LogP contribution in [0.4, 0.5) is 0 Å². The molecule has 0 saturated carbocycles. The van der Waals surface area contributed by atoms with E-state index in [0.717, 1.165) is 11.1 Å². The van der Waals surface area contributed by atoms with Gasteiger partial charge in [0, 0.05) is 15.6 Å². The topological polar surface area (TPSA) is 80.7 Å². The number of carboxylic acid groups (broad SMARTS) is 1. The molecule has 29 heavy (non-hydrogen) atoms. The molecular weight excluding hydrogens is 435 g/mol. The van der Waals surface area contributed by atoms with Gasteiger partial charge in [0.1, 0.15) is 5.75 Å². The van der Waals surface area contributed by atoms with Crippen LogP contribution in [0.1, 0.15) is 5.56 Å². The maximum absolute atomic E-state index is 13.0. The Balaban J connectivity index is 2.03. The van der Waals surface area contributed by atoms with Crippen molar-refractivity contribution in [3.8, 4) is 16.9 Å². The zero-order valence-corrected chi connectivity index (χ0v) is 17.3. The van der Waals surface area contributed by atoms with Gasteiger partial charge < -0.3 is 9.84 Å². The molecule has 1 N–H and O–H groups in total. The van der Waals surface area contributed by atoms with E-state index in [2.05, 4.69) is 0 Å². The standard InChI is InChI=1S/C21H16Cl2O5S/c22-17-9-18(23)11-19(10-17)29(26,27)13-16-8-15(14-4-2-1-3-5-14)6-7-20(16)28-12-21(24)25/h1-11H,12-13H2,(H,24,25). The van der Waals surface area contributed by atoms with Gasteiger partial charge in [0.25, 0.3) is 0 Å². The van der Waals surface area contributed by atoms with E-state index in [1.54, 1.807) is 18.2 Å². The molecule has 0 bridgehead atoms. The molecule has 0 saturated heterocycles. The molecule has 0 amide bonds. The first kappa shape index (κ1) is 21.2. The van der Waals surface area contributed by atoms with Crippen molar-refractivity contribution >= 4 is 39.0 Å². The van der Waals surface area contributed by atoms with Crippen LogP contribution >= 0.6 is 23.2 Å². The maximum atomic E-state index is 13.0. The van der Waals surface area contributed by atoms with Crippen LogP contribution in [-0.2, 0) is 20.4 Å². The third kappa shape index (κ3) is 5.50. The lowest BCUT2D eigenvalue weighted by Gasteiger charge is -2.13. The number of rotatable bonds is 7. The molecule has 3 rings (SSSR count). The summed E-state index contributed by atoms with van der Waals surface area (Å²) in [7, 11) is -3.81. The summed E-state index contributed by atoms with van der Waals surface area (Å²) in [5, 5.41) is 9.31. The monoisotopic (exact) mass is 450 g/mol. The highest BCUT2D eigenvalue weighted by molar-refractivity contribution is 7.90. The molecule has 0 unspecified atom stereocenters. The summed E-state index contributed by atoms with van der Waals surface area (Å²) in [6.45, 7) is -0.583. The van der Waals surface area contributed by atoms with Crippen LogP contribution in [0.25, 0.3) is 11.1 Å². The van der Waals surface area contributed by atoms with Crippen LogP contribution in [0.5, 0.6) is 5.75 Å². The zero-order chi connectivity index (χ0) is 21.0. The van der Waals surface area contributed by atoms with Crippen molar-refractivity contribution in [1.29, 1.82) is 0 Å². The van der Waals surface area contributed by atoms with Gasteiger partial charge in [0.05, 0.1) is 10.6 Å². The Morgan fingerprint density at radius 2 is 1.55 bits per heavy atom. The molecule has 150 valence electrons. The number of carboxylic acids is 1. The minimum absolute atomic E-state index is 0.0238. The molecule has 8 heteroatoms. The van der Waals surface area contributed by atoms with Crippen molar-refractivity contribution in [3.63, 3.8) is 0 Å². The SMILES string of the molecule is O=C(O)COc1ccc(-c2ccccc2)cc1CS(=O)(=O)c1cc(Cl)cc(Cl)c1. The Morgan fingerprint density at radius 1 is 0.897 bits per heavy atom. The Bertz CT molecular complexity index is 1120. The second kappa shape index (κ2) is 8.86. The number of benzene rings is 3. The van der Waals surface area contributed by atoms with E-state index >= 15 is 0 Å². The van der Waals surface area contributed by atoms with E-state index in [4.69, 9.17) is 33.0 Å². The van der Waals surface area contributed by atoms with E-state index in [1.165, 1.54) is 18.2 Å². The molecule has 0 aliphatic carbocycles. The molecule has 0 radical (unpaired) electrons. The summed E-state index contributed by atoms with van der Waals surface area (Å²) >= 11 is 11.9. The Morgan fingerprint density at radius 3 is 2.17 bits per heavy atom. The fourth-order valence-electron chi connectivity index (χ4n) is 2.78. The largest absolute Gasteiger partial charge is 0.482 e. The number of hydrogen-bond donors (Lipinski definition) is 1. The summed E-state index contributed by atoms with van der Waals surface area (Å²) in [6, 6.07) is 18.5. The third-order valence-corrected chi connectivity index (χ3v) is 6.14. The fourth-order valence-corrected chi connectivity index (χ4v) is 4.85. The highest BCUT2D eigenvalue weighted by Gasteiger charge is 2.20. The summed E-state index contributed by atoms with van der Waals surface area (Å²) in [6.07, 6.45) is 0. The van der Waals surface area contributed by atoms with Crippen LogP contribution in [0.3, 0.4) is 0 Å². The predicted molar refractivity (Wildman–Crippen MR) is 112 cm³/mol. The molecule has 0 heterocycles. The van der Waals surface area contributed by atoms with Crippen molar-refractivity contribution in [1.82, 2.24) is 0 Å². The number of ether oxygens (including phenoxy) is 1. The molecule has 0 aliphatic rings. The van der Waals surface area contributed by atoms with Crippen molar-refractivity contribution in [2.45, 2.75) is 10.6 Å². The smallest absolute Gasteiger partial charge is 0.341 e. The lowest BCUT2D eigenvalue weighted by Crippen LogP contribution is -2.12. The van der Waals surface area contributed by atoms with E-state index in [1.807, 2.05) is 30.3 Å². The molecule has 3 aromatic rings. The predicted octanol–water partition coefficient (Wildman–Crippen LogP) is 5.10. The number of halogens is 2. The average molecular weight is 451 g/mol. The van der Waals surface area contributed by atoms with Gasteiger partial charge in [0.15, 0.2) is 16.4 Å². The first-order valence-electron chi connectivity index (χ1n) is 8.46. The van der Waals surface area contributed by atoms with Gasteiger partial charge in [-0.1, -0.05) is 59.6 Å². The van der Waals surface area contributed by atoms with Crippen molar-refractivity contribution in [2.24, 2.45) is 0 Å². The Kier molecular flexibility index (Phi) is 6.47. The van der Waals surface area contributed by atoms with Gasteiger partial charge in [0.2, 0.25) is 0 Å². The minimum Gasteiger partial charge on any atom is -0.482 e. The second-order valence-electron chi connectivity index (χ2n) is 6.24. The van der Waals surface area contributed by atoms with Gasteiger partial charge in [-0.2, -0.15) is 0 Å². The van der Waals surface area contributed by atoms with Crippen LogP contribution in [-0.4, -0.2) is 26.1 Å². The summed E-state index contributed by atoms with van der Waals surface area (Å²) in [4.78, 5) is 10.9. The number of sulfone groups is 1. The first-order chi connectivity index (χ1) is 13.7. The molecule has 0 atom stereocenters. The average Bonchev–Trinajstić information content (AvgIpc) is 2.66. The highest BCUT2D eigenvalue weighted by atomic mass is 35.5. The van der Waals surface area contributed by atoms with Crippen LogP contribution in [0.15, 0.2) is 71.6 Å². The van der Waals surface area contributed by atoms with E-state index in [-0.39, 0.29) is 20.7 Å². The maximum Gasteiger partial charge on any atom is 0.341 e. The normalized spacial score (nSPS) is 11.2. The first-order valence-corrected chi connectivity index (χ1v) is 10.9. The zero-order valence-electron chi connectivity index (χ0n) is 15.0. The van der Waals surface area contributed by atoms with Gasteiger partial charge in [-0.15, -0.1) is 0 Å². The molecule has 0 aromatic heterocycles. The van der Waals surface area contributed by atoms with Crippen LogP contribution in [0, 0.1) is 0 Å². The van der Waals surface area contributed by atoms with Crippen LogP contribution < -0.4 is 4.74 Å². The highest BCUT2D eigenvalue weighted by Crippen LogP contribution is 2.31. The summed E-state index contributed by atoms with van der Waals surface area (Å²) < 4.78 is 31.2. The van der Waals surface area contributed by atoms with Crippen LogP contribution in [0.2, 0.25) is 10.0 Å². The van der Waals surface area contributed by atoms with Crippen molar-refractivity contribution < 1.29 is 23.1 Å². The number of aliphatic carboxylic acids is 1. The van der Waals surface area contributed by atoms with Crippen molar-refractivity contribution in [2.75, 3.05) is 6.61 Å². The second-order valence-corrected chi connectivity index (χ2v) is 9.10. The van der Waals surface area contributed by atoms with Gasteiger partial charge in [-0.3, -0.25) is 0 Å². The van der Waals surface area contributed by atoms with Crippen molar-refractivity contribution in [3.05, 3.63) is 82.3 Å². The third-order valence-electron chi connectivity index (χ3n) is 4.06. The Hall–Kier alpha value is -2.54. The lowest BCUT2D eigenvalue weighted by atomic mass is 10.0. The number of hydrogen-bond acceptors (Lipinski definition) is 4. The molecule has 0 aliphatic heterocycles. The fraction of sp³-hybridized carbons (Fsp3) is 0.0952. The molecule has 0 fully saturated rings. The lowest BCUT2D eigenvalue weighted by molar-refractivity contribution is -0.139. The van der Waals surface area contributed by atoms with Gasteiger partial charge in [-0.25, -0.2) is 13.2 Å². The van der Waals surface area contributed by atoms with Gasteiger partial charge in [-0.05, 0) is 41.5 Å². The van der Waals surface area contributed by atoms with E-state index in [9.17, 15) is 13.2 Å².